The van der Waals surface area contributed by atoms with E-state index in [1.807, 2.05) is 42.5 Å². The molecule has 0 atom stereocenters. The predicted octanol–water partition coefficient (Wildman–Crippen LogP) is 12.7. The molecular formula is C45H36N2O. The number of rotatable bonds is 6. The number of nitrogens with zero attached hydrogens (tertiary/aromatic N) is 2. The summed E-state index contributed by atoms with van der Waals surface area (Å²) >= 11 is 0. The summed E-state index contributed by atoms with van der Waals surface area (Å²) < 4.78 is 6.35. The first-order valence-electron chi connectivity index (χ1n) is 16.5. The molecule has 0 N–H and O–H groups in total. The van der Waals surface area contributed by atoms with Gasteiger partial charge in [0.2, 0.25) is 5.89 Å². The minimum Gasteiger partial charge on any atom is -0.435 e. The molecule has 0 amide bonds. The maximum Gasteiger partial charge on any atom is 0.227 e. The molecule has 0 saturated carbocycles. The van der Waals surface area contributed by atoms with Crippen LogP contribution >= 0.6 is 0 Å². The number of fused-ring (bicyclic) bond motifs is 2. The summed E-state index contributed by atoms with van der Waals surface area (Å²) in [6, 6.07) is 57.9. The molecule has 0 aliphatic carbocycles. The highest BCUT2D eigenvalue weighted by molar-refractivity contribution is 5.92. The van der Waals surface area contributed by atoms with Crippen LogP contribution in [0.15, 0.2) is 168 Å². The number of anilines is 3. The first-order chi connectivity index (χ1) is 23.4. The number of para-hydroxylation sites is 1. The third kappa shape index (κ3) is 5.65. The fourth-order valence-corrected chi connectivity index (χ4v) is 6.40. The van der Waals surface area contributed by atoms with Gasteiger partial charge in [-0.05, 0) is 99.1 Å². The molecule has 8 aromatic rings. The summed E-state index contributed by atoms with van der Waals surface area (Å²) in [5.41, 5.74) is 11.7. The lowest BCUT2D eigenvalue weighted by molar-refractivity contribution is 0.590. The number of hydrogen-bond donors (Lipinski definition) is 0. The van der Waals surface area contributed by atoms with Crippen molar-refractivity contribution in [1.29, 1.82) is 0 Å². The molecule has 48 heavy (non-hydrogen) atoms. The Balaban J connectivity index is 1.18. The molecule has 1 heterocycles. The lowest BCUT2D eigenvalue weighted by Crippen LogP contribution is -2.14. The van der Waals surface area contributed by atoms with Gasteiger partial charge in [0.25, 0.3) is 0 Å². The van der Waals surface area contributed by atoms with Crippen molar-refractivity contribution in [3.8, 4) is 33.7 Å². The number of benzene rings is 7. The van der Waals surface area contributed by atoms with Crippen molar-refractivity contribution in [2.75, 3.05) is 4.90 Å². The van der Waals surface area contributed by atoms with E-state index in [0.29, 0.717) is 5.89 Å². The molecule has 0 fully saturated rings. The minimum absolute atomic E-state index is 0.0276. The van der Waals surface area contributed by atoms with Crippen LogP contribution in [-0.4, -0.2) is 4.98 Å². The topological polar surface area (TPSA) is 29.3 Å². The van der Waals surface area contributed by atoms with Gasteiger partial charge in [-0.15, -0.1) is 0 Å². The summed E-state index contributed by atoms with van der Waals surface area (Å²) in [6.07, 6.45) is 0. The molecule has 0 aliphatic heterocycles. The van der Waals surface area contributed by atoms with Crippen LogP contribution in [0.25, 0.3) is 55.6 Å². The van der Waals surface area contributed by atoms with E-state index in [9.17, 15) is 0 Å². The van der Waals surface area contributed by atoms with Crippen molar-refractivity contribution >= 4 is 38.9 Å². The largest absolute Gasteiger partial charge is 0.435 e. The Labute approximate surface area is 281 Å². The van der Waals surface area contributed by atoms with Gasteiger partial charge in [-0.1, -0.05) is 124 Å². The Hall–Kier alpha value is -5.93. The average Bonchev–Trinajstić information content (AvgIpc) is 3.57. The molecule has 0 saturated heterocycles. The third-order valence-corrected chi connectivity index (χ3v) is 9.05. The van der Waals surface area contributed by atoms with Crippen LogP contribution in [0.4, 0.5) is 17.1 Å². The molecule has 0 spiro atoms. The van der Waals surface area contributed by atoms with E-state index in [-0.39, 0.29) is 5.41 Å². The summed E-state index contributed by atoms with van der Waals surface area (Å²) in [6.45, 7) is 6.78. The van der Waals surface area contributed by atoms with Crippen LogP contribution in [0.2, 0.25) is 0 Å². The maximum absolute atomic E-state index is 6.35. The molecule has 0 radical (unpaired) electrons. The fourth-order valence-electron chi connectivity index (χ4n) is 6.40. The quantitative estimate of drug-likeness (QED) is 0.185. The van der Waals surface area contributed by atoms with Crippen LogP contribution in [0.5, 0.6) is 0 Å². The van der Waals surface area contributed by atoms with Crippen LogP contribution < -0.4 is 4.90 Å². The van der Waals surface area contributed by atoms with Crippen LogP contribution in [0.1, 0.15) is 26.3 Å². The molecule has 3 nitrogen and oxygen atoms in total. The molecule has 0 unspecified atom stereocenters. The van der Waals surface area contributed by atoms with E-state index in [1.165, 1.54) is 27.5 Å². The van der Waals surface area contributed by atoms with Crippen LogP contribution in [0.3, 0.4) is 0 Å². The van der Waals surface area contributed by atoms with Gasteiger partial charge < -0.3 is 9.32 Å². The second-order valence-electron chi connectivity index (χ2n) is 13.3. The summed E-state index contributed by atoms with van der Waals surface area (Å²) in [4.78, 5) is 7.13. The number of hydrogen-bond acceptors (Lipinski definition) is 3. The van der Waals surface area contributed by atoms with Crippen LogP contribution in [-0.2, 0) is 5.41 Å². The van der Waals surface area contributed by atoms with Gasteiger partial charge in [0.15, 0.2) is 5.58 Å². The second kappa shape index (κ2) is 12.0. The monoisotopic (exact) mass is 620 g/mol. The Bertz CT molecular complexity index is 2360. The molecule has 0 aliphatic rings. The number of oxazole rings is 1. The molecular weight excluding hydrogens is 585 g/mol. The molecule has 8 rings (SSSR count). The summed E-state index contributed by atoms with van der Waals surface area (Å²) in [5, 5.41) is 2.50. The van der Waals surface area contributed by atoms with Gasteiger partial charge in [0, 0.05) is 28.2 Å². The van der Waals surface area contributed by atoms with Crippen molar-refractivity contribution in [3.05, 3.63) is 169 Å². The van der Waals surface area contributed by atoms with Crippen molar-refractivity contribution in [2.45, 2.75) is 26.2 Å². The highest BCUT2D eigenvalue weighted by Crippen LogP contribution is 2.40. The molecule has 1 aromatic heterocycles. The summed E-state index contributed by atoms with van der Waals surface area (Å²) in [7, 11) is 0. The second-order valence-corrected chi connectivity index (χ2v) is 13.3. The lowest BCUT2D eigenvalue weighted by Gasteiger charge is -2.28. The Morgan fingerprint density at radius 2 is 1.12 bits per heavy atom. The van der Waals surface area contributed by atoms with Crippen molar-refractivity contribution < 1.29 is 4.42 Å². The Kier molecular flexibility index (Phi) is 7.38. The van der Waals surface area contributed by atoms with Gasteiger partial charge in [-0.25, -0.2) is 4.98 Å². The Morgan fingerprint density at radius 3 is 1.85 bits per heavy atom. The zero-order chi connectivity index (χ0) is 32.7. The Morgan fingerprint density at radius 1 is 0.479 bits per heavy atom. The smallest absolute Gasteiger partial charge is 0.227 e. The van der Waals surface area contributed by atoms with E-state index < -0.39 is 0 Å². The fraction of sp³-hybridized carbons (Fsp3) is 0.0889. The average molecular weight is 621 g/mol. The third-order valence-electron chi connectivity index (χ3n) is 9.05. The van der Waals surface area contributed by atoms with E-state index in [2.05, 4.69) is 147 Å². The summed E-state index contributed by atoms with van der Waals surface area (Å²) in [5.74, 6) is 0.631. The maximum atomic E-state index is 6.35. The molecule has 7 aromatic carbocycles. The lowest BCUT2D eigenvalue weighted by atomic mass is 9.87. The SMILES string of the molecule is CC(C)(C)c1cccc(N(c2ccc(-c3ccc4ccccc4c3)cc2)c2ccc(-c3cccc4nc(-c5ccccc5)oc34)cc2)c1. The van der Waals surface area contributed by atoms with E-state index in [0.717, 1.165) is 44.9 Å². The van der Waals surface area contributed by atoms with Gasteiger partial charge in [-0.3, -0.25) is 0 Å². The number of aromatic nitrogens is 1. The van der Waals surface area contributed by atoms with E-state index in [4.69, 9.17) is 9.40 Å². The standard InChI is InChI=1S/C45H36N2O/c1-45(2,3)37-15-9-16-40(30-37)47(38-25-21-32(22-26-38)36-20-19-31-11-7-8-14-35(31)29-36)39-27-23-33(24-28-39)41-17-10-18-42-43(41)48-44(46-42)34-12-5-4-6-13-34/h4-30H,1-3H3. The molecule has 232 valence electrons. The first-order valence-corrected chi connectivity index (χ1v) is 16.5. The highest BCUT2D eigenvalue weighted by atomic mass is 16.3. The van der Waals surface area contributed by atoms with Gasteiger partial charge in [-0.2, -0.15) is 0 Å². The van der Waals surface area contributed by atoms with E-state index >= 15 is 0 Å². The van der Waals surface area contributed by atoms with Gasteiger partial charge in [0.1, 0.15) is 5.52 Å². The normalized spacial score (nSPS) is 11.6. The van der Waals surface area contributed by atoms with Crippen molar-refractivity contribution in [1.82, 2.24) is 4.98 Å². The van der Waals surface area contributed by atoms with E-state index in [1.54, 1.807) is 0 Å². The zero-order valence-corrected chi connectivity index (χ0v) is 27.4. The van der Waals surface area contributed by atoms with Gasteiger partial charge >= 0.3 is 0 Å². The predicted molar refractivity (Wildman–Crippen MR) is 201 cm³/mol. The van der Waals surface area contributed by atoms with Gasteiger partial charge in [0.05, 0.1) is 0 Å². The minimum atomic E-state index is 0.0276. The highest BCUT2D eigenvalue weighted by Gasteiger charge is 2.19. The zero-order valence-electron chi connectivity index (χ0n) is 27.4. The van der Waals surface area contributed by atoms with Crippen molar-refractivity contribution in [3.63, 3.8) is 0 Å². The first kappa shape index (κ1) is 29.5. The molecule has 0 bridgehead atoms. The molecule has 3 heteroatoms. The van der Waals surface area contributed by atoms with Crippen molar-refractivity contribution in [2.24, 2.45) is 0 Å². The van der Waals surface area contributed by atoms with Crippen LogP contribution in [0, 0.1) is 0 Å².